The fourth-order valence-electron chi connectivity index (χ4n) is 2.87. The van der Waals surface area contributed by atoms with Gasteiger partial charge in [-0.25, -0.2) is 4.79 Å². The number of nitrogens with zero attached hydrogens (tertiary/aromatic N) is 1. The summed E-state index contributed by atoms with van der Waals surface area (Å²) >= 11 is 0. The first kappa shape index (κ1) is 15.5. The zero-order valence-electron chi connectivity index (χ0n) is 12.9. The summed E-state index contributed by atoms with van der Waals surface area (Å²) in [4.78, 5) is 12.9. The van der Waals surface area contributed by atoms with Gasteiger partial charge in [0.05, 0.1) is 0 Å². The van der Waals surface area contributed by atoms with Gasteiger partial charge in [-0.2, -0.15) is 0 Å². The number of carboxylic acid groups (broad SMARTS) is 1. The van der Waals surface area contributed by atoms with Crippen LogP contribution in [0.3, 0.4) is 0 Å². The lowest BCUT2D eigenvalue weighted by Crippen LogP contribution is -2.53. The van der Waals surface area contributed by atoms with E-state index in [0.717, 1.165) is 5.75 Å². The lowest BCUT2D eigenvalue weighted by atomic mass is 9.80. The lowest BCUT2D eigenvalue weighted by Gasteiger charge is -2.44. The van der Waals surface area contributed by atoms with Crippen LogP contribution < -0.4 is 10.5 Å². The van der Waals surface area contributed by atoms with E-state index in [9.17, 15) is 9.90 Å². The highest BCUT2D eigenvalue weighted by Gasteiger charge is 2.39. The van der Waals surface area contributed by atoms with Crippen molar-refractivity contribution in [3.63, 3.8) is 0 Å². The van der Waals surface area contributed by atoms with Crippen molar-refractivity contribution in [3.8, 4) is 5.75 Å². The highest BCUT2D eigenvalue weighted by molar-refractivity contribution is 5.65. The molecule has 5 heteroatoms. The number of hydrogen-bond donors (Lipinski definition) is 2. The molecule has 1 heterocycles. The fraction of sp³-hybridized carbons (Fsp3) is 0.562. The summed E-state index contributed by atoms with van der Waals surface area (Å²) in [6.07, 6.45) is 0.571. The highest BCUT2D eigenvalue weighted by atomic mass is 16.5. The van der Waals surface area contributed by atoms with E-state index in [-0.39, 0.29) is 17.6 Å². The third-order valence-electron chi connectivity index (χ3n) is 3.96. The first-order valence-corrected chi connectivity index (χ1v) is 7.29. The number of likely N-dealkylation sites (tertiary alicyclic amines) is 1. The summed E-state index contributed by atoms with van der Waals surface area (Å²) in [7, 11) is 0. The minimum Gasteiger partial charge on any atom is -0.490 e. The molecule has 0 spiro atoms. The Morgan fingerprint density at radius 1 is 1.43 bits per heavy atom. The molecule has 0 radical (unpaired) electrons. The Balaban J connectivity index is 2.09. The number of nitrogens with two attached hydrogens (primary N) is 1. The predicted octanol–water partition coefficient (Wildman–Crippen LogP) is 3.20. The number of hydrogen-bond acceptors (Lipinski definition) is 3. The third-order valence-corrected chi connectivity index (χ3v) is 3.96. The highest BCUT2D eigenvalue weighted by Crippen LogP contribution is 2.33. The normalized spacial score (nSPS) is 22.9. The number of nitrogen functional groups attached to an aromatic ring is 1. The number of amides is 1. The fourth-order valence-corrected chi connectivity index (χ4v) is 2.87. The van der Waals surface area contributed by atoms with Gasteiger partial charge < -0.3 is 20.5 Å². The maximum Gasteiger partial charge on any atom is 0.407 e. The van der Waals surface area contributed by atoms with E-state index < -0.39 is 6.09 Å². The van der Waals surface area contributed by atoms with Gasteiger partial charge in [0, 0.05) is 37.2 Å². The van der Waals surface area contributed by atoms with Crippen molar-refractivity contribution in [1.82, 2.24) is 4.90 Å². The van der Waals surface area contributed by atoms with Crippen molar-refractivity contribution in [2.75, 3.05) is 12.3 Å². The Hall–Kier alpha value is -1.91. The molecule has 5 nitrogen and oxygen atoms in total. The molecule has 116 valence electrons. The van der Waals surface area contributed by atoms with Gasteiger partial charge in [-0.15, -0.1) is 0 Å². The number of carbonyl (C=O) groups is 1. The van der Waals surface area contributed by atoms with E-state index in [2.05, 4.69) is 20.8 Å². The van der Waals surface area contributed by atoms with Crippen molar-refractivity contribution < 1.29 is 14.6 Å². The molecule has 1 aliphatic rings. The molecule has 0 aromatic heterocycles. The quantitative estimate of drug-likeness (QED) is 0.821. The number of rotatable bonds is 2. The van der Waals surface area contributed by atoms with Crippen LogP contribution in [0.2, 0.25) is 0 Å². The lowest BCUT2D eigenvalue weighted by molar-refractivity contribution is 0.0130. The molecule has 21 heavy (non-hydrogen) atoms. The van der Waals surface area contributed by atoms with Crippen LogP contribution in [-0.2, 0) is 0 Å². The van der Waals surface area contributed by atoms with E-state index >= 15 is 0 Å². The van der Waals surface area contributed by atoms with E-state index in [1.165, 1.54) is 0 Å². The number of piperidine rings is 1. The molecule has 1 fully saturated rings. The minimum atomic E-state index is -0.850. The summed E-state index contributed by atoms with van der Waals surface area (Å²) in [5, 5.41) is 9.35. The second-order valence-electron chi connectivity index (χ2n) is 6.69. The molecule has 0 unspecified atom stereocenters. The van der Waals surface area contributed by atoms with Gasteiger partial charge in [0.25, 0.3) is 0 Å². The molecule has 1 saturated heterocycles. The van der Waals surface area contributed by atoms with Crippen LogP contribution in [0, 0.1) is 5.41 Å². The summed E-state index contributed by atoms with van der Waals surface area (Å²) in [6, 6.07) is 7.31. The Bertz CT molecular complexity index is 510. The van der Waals surface area contributed by atoms with Gasteiger partial charge in [0.2, 0.25) is 0 Å². The van der Waals surface area contributed by atoms with Crippen molar-refractivity contribution in [3.05, 3.63) is 24.3 Å². The summed E-state index contributed by atoms with van der Waals surface area (Å²) in [5.74, 6) is 0.747. The molecular weight excluding hydrogens is 268 g/mol. The van der Waals surface area contributed by atoms with Crippen molar-refractivity contribution in [2.24, 2.45) is 5.41 Å². The zero-order chi connectivity index (χ0) is 15.6. The van der Waals surface area contributed by atoms with Crippen LogP contribution in [0.4, 0.5) is 10.5 Å². The van der Waals surface area contributed by atoms with Gasteiger partial charge in [-0.3, -0.25) is 0 Å². The second-order valence-corrected chi connectivity index (χ2v) is 6.69. The van der Waals surface area contributed by atoms with Gasteiger partial charge >= 0.3 is 6.09 Å². The van der Waals surface area contributed by atoms with Gasteiger partial charge in [0.15, 0.2) is 0 Å². The minimum absolute atomic E-state index is 0.0200. The molecule has 1 aromatic carbocycles. The number of anilines is 1. The van der Waals surface area contributed by atoms with Crippen molar-refractivity contribution in [2.45, 2.75) is 45.8 Å². The maximum absolute atomic E-state index is 11.4. The van der Waals surface area contributed by atoms with Crippen LogP contribution in [0.1, 0.15) is 33.6 Å². The maximum atomic E-state index is 11.4. The topological polar surface area (TPSA) is 75.8 Å². The third kappa shape index (κ3) is 3.80. The van der Waals surface area contributed by atoms with E-state index in [0.29, 0.717) is 25.1 Å². The molecule has 1 aromatic rings. The van der Waals surface area contributed by atoms with Gasteiger partial charge in [0.1, 0.15) is 11.9 Å². The van der Waals surface area contributed by atoms with Gasteiger partial charge in [-0.05, 0) is 17.5 Å². The average Bonchev–Trinajstić information content (AvgIpc) is 2.37. The van der Waals surface area contributed by atoms with Crippen LogP contribution in [-0.4, -0.2) is 34.8 Å². The molecule has 2 atom stereocenters. The van der Waals surface area contributed by atoms with E-state index in [1.807, 2.05) is 18.2 Å². The molecular formula is C16H24N2O3. The average molecular weight is 292 g/mol. The van der Waals surface area contributed by atoms with Gasteiger partial charge in [-0.1, -0.05) is 26.8 Å². The van der Waals surface area contributed by atoms with Crippen LogP contribution in [0.25, 0.3) is 0 Å². The van der Waals surface area contributed by atoms with Crippen molar-refractivity contribution in [1.29, 1.82) is 0 Å². The summed E-state index contributed by atoms with van der Waals surface area (Å²) < 4.78 is 5.99. The predicted molar refractivity (Wildman–Crippen MR) is 82.5 cm³/mol. The molecule has 0 saturated carbocycles. The summed E-state index contributed by atoms with van der Waals surface area (Å²) in [6.45, 7) is 6.70. The van der Waals surface area contributed by atoms with Crippen LogP contribution in [0.15, 0.2) is 24.3 Å². The largest absolute Gasteiger partial charge is 0.490 e. The molecule has 2 rings (SSSR count). The monoisotopic (exact) mass is 292 g/mol. The smallest absolute Gasteiger partial charge is 0.407 e. The second kappa shape index (κ2) is 5.84. The Kier molecular flexibility index (Phi) is 4.30. The molecule has 3 N–H and O–H groups in total. The first-order valence-electron chi connectivity index (χ1n) is 7.29. The molecule has 0 bridgehead atoms. The number of ether oxygens (including phenoxy) is 1. The first-order chi connectivity index (χ1) is 9.77. The summed E-state index contributed by atoms with van der Waals surface area (Å²) in [5.41, 5.74) is 6.31. The molecule has 1 amide bonds. The Morgan fingerprint density at radius 2 is 2.14 bits per heavy atom. The standard InChI is InChI=1S/C16H24N2O3/c1-16(2,3)14-10-13(7-8-18(14)15(19)20)21-12-6-4-5-11(17)9-12/h4-6,9,13-14H,7-8,10,17H2,1-3H3,(H,19,20)/t13-,14-/m0/s1. The molecule has 1 aliphatic heterocycles. The SMILES string of the molecule is CC(C)(C)[C@@H]1C[C@@H](Oc2cccc(N)c2)CCN1C(=O)O. The Morgan fingerprint density at radius 3 is 2.71 bits per heavy atom. The Labute approximate surface area is 125 Å². The van der Waals surface area contributed by atoms with E-state index in [4.69, 9.17) is 10.5 Å². The van der Waals surface area contributed by atoms with Crippen molar-refractivity contribution >= 4 is 11.8 Å². The zero-order valence-corrected chi connectivity index (χ0v) is 12.9. The molecule has 0 aliphatic carbocycles. The van der Waals surface area contributed by atoms with Crippen LogP contribution >= 0.6 is 0 Å². The number of benzene rings is 1. The van der Waals surface area contributed by atoms with E-state index in [1.54, 1.807) is 11.0 Å². The van der Waals surface area contributed by atoms with Crippen LogP contribution in [0.5, 0.6) is 5.75 Å².